The Morgan fingerprint density at radius 2 is 1.65 bits per heavy atom. The highest BCUT2D eigenvalue weighted by atomic mass is 16.5. The zero-order valence-electron chi connectivity index (χ0n) is 18.7. The Bertz CT molecular complexity index is 1180. The van der Waals surface area contributed by atoms with E-state index < -0.39 is 18.0 Å². The molecule has 0 aliphatic heterocycles. The summed E-state index contributed by atoms with van der Waals surface area (Å²) in [5, 5.41) is 11.5. The Balaban J connectivity index is 1.46. The number of nitrogens with zero attached hydrogens (tertiary/aromatic N) is 2. The summed E-state index contributed by atoms with van der Waals surface area (Å²) >= 11 is 0. The largest absolute Gasteiger partial charge is 0.481 e. The molecule has 0 bridgehead atoms. The number of benzene rings is 2. The quantitative estimate of drug-likeness (QED) is 0.518. The summed E-state index contributed by atoms with van der Waals surface area (Å²) in [6.45, 7) is 2.25. The molecule has 0 fully saturated rings. The van der Waals surface area contributed by atoms with Crippen molar-refractivity contribution in [2.45, 2.75) is 19.3 Å². The Morgan fingerprint density at radius 1 is 1.00 bits per heavy atom. The predicted molar refractivity (Wildman–Crippen MR) is 127 cm³/mol. The summed E-state index contributed by atoms with van der Waals surface area (Å²) in [6.07, 6.45) is 0.570. The molecule has 3 aromatic rings. The highest BCUT2D eigenvalue weighted by Gasteiger charge is 2.29. The molecule has 0 radical (unpaired) electrons. The van der Waals surface area contributed by atoms with Crippen LogP contribution >= 0.6 is 0 Å². The van der Waals surface area contributed by atoms with Gasteiger partial charge in [0.15, 0.2) is 5.69 Å². The molecule has 1 heterocycles. The average Bonchev–Trinajstić information content (AvgIpc) is 3.17. The lowest BCUT2D eigenvalue weighted by molar-refractivity contribution is -0.137. The zero-order valence-corrected chi connectivity index (χ0v) is 18.7. The highest BCUT2D eigenvalue weighted by Crippen LogP contribution is 2.44. The van der Waals surface area contributed by atoms with Gasteiger partial charge in [0.05, 0.1) is 12.1 Å². The lowest BCUT2D eigenvalue weighted by Gasteiger charge is -2.21. The topological polar surface area (TPSA) is 109 Å². The van der Waals surface area contributed by atoms with Gasteiger partial charge in [-0.2, -0.15) is 0 Å². The van der Waals surface area contributed by atoms with E-state index in [-0.39, 0.29) is 36.9 Å². The third-order valence-corrected chi connectivity index (χ3v) is 5.86. The van der Waals surface area contributed by atoms with Crippen molar-refractivity contribution in [2.24, 2.45) is 0 Å². The van der Waals surface area contributed by atoms with Crippen LogP contribution < -0.4 is 5.32 Å². The molecular formula is C26H25N3O5. The van der Waals surface area contributed by atoms with Crippen LogP contribution in [0.15, 0.2) is 66.9 Å². The molecule has 2 amide bonds. The first kappa shape index (κ1) is 23.0. The van der Waals surface area contributed by atoms with E-state index in [1.54, 1.807) is 19.1 Å². The predicted octanol–water partition coefficient (Wildman–Crippen LogP) is 4.38. The van der Waals surface area contributed by atoms with Crippen LogP contribution in [0.1, 0.15) is 40.9 Å². The van der Waals surface area contributed by atoms with Crippen LogP contribution in [0.3, 0.4) is 0 Å². The van der Waals surface area contributed by atoms with Gasteiger partial charge in [0, 0.05) is 25.2 Å². The van der Waals surface area contributed by atoms with Crippen molar-refractivity contribution in [3.8, 4) is 11.1 Å². The number of anilines is 1. The number of carbonyl (C=O) groups is 3. The van der Waals surface area contributed by atoms with Gasteiger partial charge in [-0.3, -0.25) is 14.9 Å². The second kappa shape index (κ2) is 10.2. The minimum absolute atomic E-state index is 0.0308. The third-order valence-electron chi connectivity index (χ3n) is 5.86. The van der Waals surface area contributed by atoms with Crippen molar-refractivity contribution >= 4 is 23.7 Å². The Kier molecular flexibility index (Phi) is 6.87. The maximum atomic E-state index is 12.9. The summed E-state index contributed by atoms with van der Waals surface area (Å²) < 4.78 is 5.56. The Morgan fingerprint density at radius 3 is 2.26 bits per heavy atom. The van der Waals surface area contributed by atoms with E-state index in [2.05, 4.69) is 22.4 Å². The number of amides is 2. The van der Waals surface area contributed by atoms with Crippen LogP contribution in [-0.2, 0) is 9.53 Å². The first-order valence-electron chi connectivity index (χ1n) is 11.1. The van der Waals surface area contributed by atoms with Crippen molar-refractivity contribution < 1.29 is 24.2 Å². The number of rotatable bonds is 8. The van der Waals surface area contributed by atoms with Gasteiger partial charge in [-0.25, -0.2) is 9.78 Å². The Hall–Kier alpha value is -4.20. The molecule has 0 saturated heterocycles. The van der Waals surface area contributed by atoms with Crippen LogP contribution in [0.4, 0.5) is 10.5 Å². The molecule has 34 heavy (non-hydrogen) atoms. The molecule has 8 heteroatoms. The molecule has 1 aliphatic carbocycles. The summed E-state index contributed by atoms with van der Waals surface area (Å²) in [7, 11) is 0. The minimum Gasteiger partial charge on any atom is -0.481 e. The monoisotopic (exact) mass is 459 g/mol. The van der Waals surface area contributed by atoms with Gasteiger partial charge in [-0.15, -0.1) is 0 Å². The number of hydrogen-bond donors (Lipinski definition) is 2. The van der Waals surface area contributed by atoms with E-state index in [4.69, 9.17) is 9.84 Å². The highest BCUT2D eigenvalue weighted by molar-refractivity contribution is 6.01. The first-order chi connectivity index (χ1) is 16.5. The van der Waals surface area contributed by atoms with E-state index in [0.29, 0.717) is 6.54 Å². The smallest absolute Gasteiger partial charge is 0.411 e. The van der Waals surface area contributed by atoms with Gasteiger partial charge in [0.25, 0.3) is 5.91 Å². The fraction of sp³-hybridized carbons (Fsp3) is 0.231. The zero-order chi connectivity index (χ0) is 24.1. The second-order valence-corrected chi connectivity index (χ2v) is 7.88. The van der Waals surface area contributed by atoms with Gasteiger partial charge in [0.2, 0.25) is 0 Å². The number of hydrogen-bond acceptors (Lipinski definition) is 5. The maximum Gasteiger partial charge on any atom is 0.411 e. The summed E-state index contributed by atoms with van der Waals surface area (Å²) in [6, 6.07) is 19.3. The SMILES string of the molecule is CCN(CCC(=O)O)C(=O)c1ncccc1NC(=O)OCC1c2ccccc2-c2ccccc21. The van der Waals surface area contributed by atoms with Crippen molar-refractivity contribution in [3.63, 3.8) is 0 Å². The standard InChI is InChI=1S/C26H25N3O5/c1-2-29(15-13-23(30)31)25(32)24-22(12-7-14-27-24)28-26(33)34-16-21-19-10-5-3-8-17(19)18-9-4-6-11-20(18)21/h3-12,14,21H,2,13,15-16H2,1H3,(H,28,33)(H,30,31). The van der Waals surface area contributed by atoms with Gasteiger partial charge in [-0.05, 0) is 41.3 Å². The second-order valence-electron chi connectivity index (χ2n) is 7.88. The van der Waals surface area contributed by atoms with Crippen LogP contribution in [0.2, 0.25) is 0 Å². The van der Waals surface area contributed by atoms with E-state index in [0.717, 1.165) is 22.3 Å². The molecule has 2 aromatic carbocycles. The van der Waals surface area contributed by atoms with Crippen LogP contribution in [0, 0.1) is 0 Å². The number of aliphatic carboxylic acids is 1. The van der Waals surface area contributed by atoms with Crippen LogP contribution in [-0.4, -0.2) is 52.7 Å². The molecule has 1 aliphatic rings. The van der Waals surface area contributed by atoms with Gasteiger partial charge >= 0.3 is 12.1 Å². The average molecular weight is 460 g/mol. The first-order valence-corrected chi connectivity index (χ1v) is 11.1. The number of aromatic nitrogens is 1. The van der Waals surface area contributed by atoms with Gasteiger partial charge < -0.3 is 14.7 Å². The van der Waals surface area contributed by atoms with E-state index >= 15 is 0 Å². The van der Waals surface area contributed by atoms with Crippen molar-refractivity contribution in [1.82, 2.24) is 9.88 Å². The lowest BCUT2D eigenvalue weighted by Crippen LogP contribution is -2.34. The molecule has 174 valence electrons. The summed E-state index contributed by atoms with van der Waals surface area (Å²) in [4.78, 5) is 42.0. The van der Waals surface area contributed by atoms with Crippen molar-refractivity contribution in [3.05, 3.63) is 83.7 Å². The van der Waals surface area contributed by atoms with Crippen molar-refractivity contribution in [1.29, 1.82) is 0 Å². The van der Waals surface area contributed by atoms with Gasteiger partial charge in [-0.1, -0.05) is 48.5 Å². The lowest BCUT2D eigenvalue weighted by atomic mass is 9.98. The van der Waals surface area contributed by atoms with E-state index in [9.17, 15) is 14.4 Å². The molecule has 0 atom stereocenters. The Labute approximate surface area is 197 Å². The van der Waals surface area contributed by atoms with Gasteiger partial charge in [0.1, 0.15) is 6.61 Å². The normalized spacial score (nSPS) is 11.9. The summed E-state index contributed by atoms with van der Waals surface area (Å²) in [5.74, 6) is -1.54. The fourth-order valence-electron chi connectivity index (χ4n) is 4.20. The molecule has 0 spiro atoms. The molecule has 2 N–H and O–H groups in total. The number of pyridine rings is 1. The van der Waals surface area contributed by atoms with E-state index in [1.165, 1.54) is 11.1 Å². The fourth-order valence-corrected chi connectivity index (χ4v) is 4.20. The molecular weight excluding hydrogens is 434 g/mol. The number of nitrogens with one attached hydrogen (secondary N) is 1. The number of carboxylic acids is 1. The molecule has 1 aromatic heterocycles. The molecule has 0 saturated carbocycles. The number of carboxylic acid groups (broad SMARTS) is 1. The van der Waals surface area contributed by atoms with Crippen LogP contribution in [0.25, 0.3) is 11.1 Å². The molecule has 8 nitrogen and oxygen atoms in total. The van der Waals surface area contributed by atoms with E-state index in [1.807, 2.05) is 36.4 Å². The molecule has 4 rings (SSSR count). The maximum absolute atomic E-state index is 12.9. The molecule has 0 unspecified atom stereocenters. The summed E-state index contributed by atoms with van der Waals surface area (Å²) in [5.41, 5.74) is 4.71. The number of ether oxygens (including phenoxy) is 1. The van der Waals surface area contributed by atoms with Crippen molar-refractivity contribution in [2.75, 3.05) is 25.0 Å². The third kappa shape index (κ3) is 4.76. The van der Waals surface area contributed by atoms with Crippen LogP contribution in [0.5, 0.6) is 0 Å². The number of fused-ring (bicyclic) bond motifs is 3. The number of carbonyl (C=O) groups excluding carboxylic acids is 2. The minimum atomic E-state index is -0.996.